The van der Waals surface area contributed by atoms with Crippen LogP contribution < -0.4 is 10.9 Å². The number of rotatable bonds is 6. The average molecular weight is 366 g/mol. The number of thiophene rings is 1. The van der Waals surface area contributed by atoms with Crippen molar-refractivity contribution in [3.05, 3.63) is 20.8 Å². The van der Waals surface area contributed by atoms with Gasteiger partial charge in [-0.25, -0.2) is 4.98 Å². The third-order valence-electron chi connectivity index (χ3n) is 4.34. The first-order chi connectivity index (χ1) is 11.6. The molecule has 2 aromatic heterocycles. The number of fused-ring (bicyclic) bond motifs is 3. The van der Waals surface area contributed by atoms with Gasteiger partial charge in [0.1, 0.15) is 4.83 Å². The summed E-state index contributed by atoms with van der Waals surface area (Å²) in [7, 11) is 0. The van der Waals surface area contributed by atoms with Gasteiger partial charge in [0, 0.05) is 11.4 Å². The summed E-state index contributed by atoms with van der Waals surface area (Å²) in [6, 6.07) is 0. The molecule has 1 amide bonds. The van der Waals surface area contributed by atoms with Gasteiger partial charge in [-0.1, -0.05) is 32.0 Å². The first-order valence-corrected chi connectivity index (χ1v) is 10.3. The number of amides is 1. The lowest BCUT2D eigenvalue weighted by molar-refractivity contribution is -0.118. The summed E-state index contributed by atoms with van der Waals surface area (Å²) in [4.78, 5) is 33.8. The van der Waals surface area contributed by atoms with Gasteiger partial charge in [-0.3, -0.25) is 9.59 Å². The Kier molecular flexibility index (Phi) is 5.61. The zero-order chi connectivity index (χ0) is 17.1. The quantitative estimate of drug-likeness (QED) is 0.468. The van der Waals surface area contributed by atoms with E-state index in [2.05, 4.69) is 29.1 Å². The highest BCUT2D eigenvalue weighted by molar-refractivity contribution is 7.99. The van der Waals surface area contributed by atoms with Crippen molar-refractivity contribution >= 4 is 39.2 Å². The van der Waals surface area contributed by atoms with E-state index in [4.69, 9.17) is 0 Å². The van der Waals surface area contributed by atoms with Crippen LogP contribution in [0, 0.1) is 5.92 Å². The van der Waals surface area contributed by atoms with E-state index in [1.807, 2.05) is 0 Å². The van der Waals surface area contributed by atoms with Gasteiger partial charge in [-0.2, -0.15) is 0 Å². The van der Waals surface area contributed by atoms with Gasteiger partial charge in [-0.05, 0) is 37.2 Å². The SMILES string of the molecule is CCCCNC(=O)CSc1nc2sc3c(c2c(=O)[nH]1)CC[C@@H](C)C3. The van der Waals surface area contributed by atoms with E-state index >= 15 is 0 Å². The Morgan fingerprint density at radius 3 is 3.12 bits per heavy atom. The van der Waals surface area contributed by atoms with Crippen LogP contribution in [0.1, 0.15) is 43.6 Å². The van der Waals surface area contributed by atoms with Gasteiger partial charge < -0.3 is 10.3 Å². The maximum atomic E-state index is 12.5. The fourth-order valence-corrected chi connectivity index (χ4v) is 5.12. The Morgan fingerprint density at radius 1 is 1.50 bits per heavy atom. The Morgan fingerprint density at radius 2 is 2.33 bits per heavy atom. The third-order valence-corrected chi connectivity index (χ3v) is 6.36. The zero-order valence-electron chi connectivity index (χ0n) is 14.1. The minimum absolute atomic E-state index is 0.0181. The predicted molar refractivity (Wildman–Crippen MR) is 100 cm³/mol. The number of aromatic nitrogens is 2. The first kappa shape index (κ1) is 17.5. The highest BCUT2D eigenvalue weighted by atomic mass is 32.2. The second-order valence-electron chi connectivity index (χ2n) is 6.40. The Labute approximate surface area is 149 Å². The minimum Gasteiger partial charge on any atom is -0.355 e. The highest BCUT2D eigenvalue weighted by Crippen LogP contribution is 2.36. The summed E-state index contributed by atoms with van der Waals surface area (Å²) in [5, 5.41) is 4.17. The van der Waals surface area contributed by atoms with Gasteiger partial charge in [-0.15, -0.1) is 11.3 Å². The molecular weight excluding hydrogens is 342 g/mol. The number of H-pyrrole nitrogens is 1. The number of nitrogens with zero attached hydrogens (tertiary/aromatic N) is 1. The molecule has 1 aliphatic rings. The van der Waals surface area contributed by atoms with Crippen molar-refractivity contribution < 1.29 is 4.79 Å². The summed E-state index contributed by atoms with van der Waals surface area (Å²) >= 11 is 2.93. The Bertz CT molecular complexity index is 797. The number of aryl methyl sites for hydroxylation is 1. The van der Waals surface area contributed by atoms with E-state index in [0.717, 1.165) is 42.3 Å². The van der Waals surface area contributed by atoms with Crippen LogP contribution in [-0.2, 0) is 17.6 Å². The maximum absolute atomic E-state index is 12.5. The van der Waals surface area contributed by atoms with Gasteiger partial charge >= 0.3 is 0 Å². The molecule has 2 aromatic rings. The van der Waals surface area contributed by atoms with Gasteiger partial charge in [0.2, 0.25) is 5.91 Å². The summed E-state index contributed by atoms with van der Waals surface area (Å²) in [5.74, 6) is 0.932. The topological polar surface area (TPSA) is 74.8 Å². The van der Waals surface area contributed by atoms with Crippen LogP contribution in [0.15, 0.2) is 9.95 Å². The number of thioether (sulfide) groups is 1. The molecule has 0 radical (unpaired) electrons. The summed E-state index contributed by atoms with van der Waals surface area (Å²) in [6.45, 7) is 5.05. The molecule has 0 aliphatic heterocycles. The van der Waals surface area contributed by atoms with Crippen molar-refractivity contribution in [3.63, 3.8) is 0 Å². The third kappa shape index (κ3) is 3.83. The van der Waals surface area contributed by atoms with E-state index in [9.17, 15) is 9.59 Å². The normalized spacial score (nSPS) is 17.0. The monoisotopic (exact) mass is 365 g/mol. The van der Waals surface area contributed by atoms with Crippen LogP contribution in [0.25, 0.3) is 10.2 Å². The molecule has 0 spiro atoms. The molecule has 7 heteroatoms. The first-order valence-electron chi connectivity index (χ1n) is 8.52. The molecule has 0 aromatic carbocycles. The molecule has 0 saturated heterocycles. The largest absolute Gasteiger partial charge is 0.355 e. The summed E-state index contributed by atoms with van der Waals surface area (Å²) < 4.78 is 0. The number of nitrogens with one attached hydrogen (secondary N) is 2. The molecular formula is C17H23N3O2S2. The molecule has 5 nitrogen and oxygen atoms in total. The number of carbonyl (C=O) groups excluding carboxylic acids is 1. The molecule has 1 atom stereocenters. The fraction of sp³-hybridized carbons (Fsp3) is 0.588. The number of carbonyl (C=O) groups is 1. The van der Waals surface area contributed by atoms with Crippen LogP contribution >= 0.6 is 23.1 Å². The second-order valence-corrected chi connectivity index (χ2v) is 8.44. The molecule has 1 aliphatic carbocycles. The van der Waals surface area contributed by atoms with E-state index in [-0.39, 0.29) is 17.2 Å². The van der Waals surface area contributed by atoms with Gasteiger partial charge in [0.25, 0.3) is 5.56 Å². The van der Waals surface area contributed by atoms with Crippen molar-refractivity contribution in [3.8, 4) is 0 Å². The molecule has 0 bridgehead atoms. The number of aromatic amines is 1. The second kappa shape index (κ2) is 7.70. The number of hydrogen-bond acceptors (Lipinski definition) is 5. The number of unbranched alkanes of at least 4 members (excludes halogenated alkanes) is 1. The van der Waals surface area contributed by atoms with Crippen LogP contribution in [0.3, 0.4) is 0 Å². The molecule has 3 rings (SSSR count). The predicted octanol–water partition coefficient (Wildman–Crippen LogP) is 3.12. The molecule has 0 unspecified atom stereocenters. The van der Waals surface area contributed by atoms with Crippen molar-refractivity contribution in [1.29, 1.82) is 0 Å². The van der Waals surface area contributed by atoms with Crippen molar-refractivity contribution in [2.24, 2.45) is 5.92 Å². The van der Waals surface area contributed by atoms with E-state index < -0.39 is 0 Å². The van der Waals surface area contributed by atoms with Crippen LogP contribution in [0.4, 0.5) is 0 Å². The fourth-order valence-electron chi connectivity index (χ4n) is 2.99. The molecule has 24 heavy (non-hydrogen) atoms. The summed E-state index contributed by atoms with van der Waals surface area (Å²) in [5.41, 5.74) is 1.12. The van der Waals surface area contributed by atoms with E-state index in [0.29, 0.717) is 17.6 Å². The van der Waals surface area contributed by atoms with Crippen molar-refractivity contribution in [2.75, 3.05) is 12.3 Å². The van der Waals surface area contributed by atoms with Crippen LogP contribution in [0.2, 0.25) is 0 Å². The van der Waals surface area contributed by atoms with E-state index in [1.54, 1.807) is 11.3 Å². The van der Waals surface area contributed by atoms with Crippen molar-refractivity contribution in [1.82, 2.24) is 15.3 Å². The lowest BCUT2D eigenvalue weighted by atomic mass is 9.89. The van der Waals surface area contributed by atoms with Gasteiger partial charge in [0.05, 0.1) is 11.1 Å². The molecule has 130 valence electrons. The Balaban J connectivity index is 1.74. The average Bonchev–Trinajstić information content (AvgIpc) is 2.90. The molecule has 2 N–H and O–H groups in total. The standard InChI is InChI=1S/C17H23N3O2S2/c1-3-4-7-18-13(21)9-23-17-19-15(22)14-11-6-5-10(2)8-12(11)24-16(14)20-17/h10H,3-9H2,1-2H3,(H,18,21)(H,19,20,22)/t10-/m1/s1. The molecule has 2 heterocycles. The lowest BCUT2D eigenvalue weighted by Gasteiger charge is -2.17. The molecule has 0 saturated carbocycles. The highest BCUT2D eigenvalue weighted by Gasteiger charge is 2.23. The lowest BCUT2D eigenvalue weighted by Crippen LogP contribution is -2.26. The minimum atomic E-state index is -0.0686. The smallest absolute Gasteiger partial charge is 0.260 e. The van der Waals surface area contributed by atoms with E-state index in [1.165, 1.54) is 22.2 Å². The Hall–Kier alpha value is -1.34. The summed E-state index contributed by atoms with van der Waals surface area (Å²) in [6.07, 6.45) is 5.18. The maximum Gasteiger partial charge on any atom is 0.260 e. The van der Waals surface area contributed by atoms with Crippen molar-refractivity contribution in [2.45, 2.75) is 51.1 Å². The van der Waals surface area contributed by atoms with Crippen LogP contribution in [0.5, 0.6) is 0 Å². The van der Waals surface area contributed by atoms with Crippen LogP contribution in [-0.4, -0.2) is 28.2 Å². The molecule has 0 fully saturated rings. The van der Waals surface area contributed by atoms with Gasteiger partial charge in [0.15, 0.2) is 5.16 Å². The number of hydrogen-bond donors (Lipinski definition) is 2. The zero-order valence-corrected chi connectivity index (χ0v) is 15.7.